The third-order valence-corrected chi connectivity index (χ3v) is 3.56. The highest BCUT2D eigenvalue weighted by atomic mass is 32.1. The molecule has 0 amide bonds. The lowest BCUT2D eigenvalue weighted by atomic mass is 10.2. The highest BCUT2D eigenvalue weighted by Gasteiger charge is 2.06. The van der Waals surface area contributed by atoms with Crippen LogP contribution in [0.5, 0.6) is 0 Å². The Kier molecular flexibility index (Phi) is 4.27. The average Bonchev–Trinajstić information content (AvgIpc) is 2.93. The van der Waals surface area contributed by atoms with E-state index in [1.165, 1.54) is 11.3 Å². The van der Waals surface area contributed by atoms with E-state index in [4.69, 9.17) is 5.73 Å². The van der Waals surface area contributed by atoms with E-state index in [1.807, 2.05) is 19.3 Å². The maximum absolute atomic E-state index is 5.53. The van der Waals surface area contributed by atoms with Crippen molar-refractivity contribution in [2.75, 3.05) is 5.73 Å². The van der Waals surface area contributed by atoms with Gasteiger partial charge >= 0.3 is 0 Å². The SMILES string of the molecule is Cc1nccn1CCC(C)NCc1nnc(N)s1. The molecule has 0 aliphatic heterocycles. The first kappa shape index (κ1) is 13.0. The first-order valence-corrected chi connectivity index (χ1v) is 6.76. The fourth-order valence-corrected chi connectivity index (χ4v) is 2.23. The minimum absolute atomic E-state index is 0.414. The van der Waals surface area contributed by atoms with Crippen molar-refractivity contribution >= 4 is 16.5 Å². The van der Waals surface area contributed by atoms with Crippen molar-refractivity contribution in [3.63, 3.8) is 0 Å². The van der Waals surface area contributed by atoms with E-state index in [0.717, 1.165) is 30.3 Å². The van der Waals surface area contributed by atoms with E-state index in [0.29, 0.717) is 11.2 Å². The third-order valence-electron chi connectivity index (χ3n) is 2.81. The van der Waals surface area contributed by atoms with Gasteiger partial charge in [0.2, 0.25) is 5.13 Å². The molecule has 2 heterocycles. The van der Waals surface area contributed by atoms with Gasteiger partial charge in [-0.2, -0.15) is 0 Å². The Morgan fingerprint density at radius 1 is 1.50 bits per heavy atom. The molecule has 0 aromatic carbocycles. The van der Waals surface area contributed by atoms with Crippen LogP contribution in [0.3, 0.4) is 0 Å². The van der Waals surface area contributed by atoms with Crippen molar-refractivity contribution in [3.05, 3.63) is 23.2 Å². The van der Waals surface area contributed by atoms with E-state index in [-0.39, 0.29) is 0 Å². The first-order chi connectivity index (χ1) is 8.65. The Labute approximate surface area is 110 Å². The van der Waals surface area contributed by atoms with Gasteiger partial charge in [-0.1, -0.05) is 11.3 Å². The summed E-state index contributed by atoms with van der Waals surface area (Å²) in [5.74, 6) is 1.05. The quantitative estimate of drug-likeness (QED) is 0.821. The van der Waals surface area contributed by atoms with Crippen LogP contribution in [0.2, 0.25) is 0 Å². The molecule has 6 nitrogen and oxygen atoms in total. The monoisotopic (exact) mass is 266 g/mol. The predicted molar refractivity (Wildman–Crippen MR) is 72.2 cm³/mol. The molecule has 1 atom stereocenters. The van der Waals surface area contributed by atoms with Gasteiger partial charge in [-0.05, 0) is 20.3 Å². The molecule has 0 radical (unpaired) electrons. The summed E-state index contributed by atoms with van der Waals surface area (Å²) in [6, 6.07) is 0.414. The van der Waals surface area contributed by atoms with Crippen molar-refractivity contribution in [3.8, 4) is 0 Å². The summed E-state index contributed by atoms with van der Waals surface area (Å²) < 4.78 is 2.15. The molecule has 2 aromatic heterocycles. The van der Waals surface area contributed by atoms with Crippen LogP contribution in [0.1, 0.15) is 24.2 Å². The molecular formula is C11H18N6S. The van der Waals surface area contributed by atoms with E-state index < -0.39 is 0 Å². The molecule has 0 aliphatic carbocycles. The van der Waals surface area contributed by atoms with Gasteiger partial charge in [0.1, 0.15) is 10.8 Å². The second-order valence-corrected chi connectivity index (χ2v) is 5.37. The molecule has 0 aliphatic rings. The van der Waals surface area contributed by atoms with Crippen LogP contribution < -0.4 is 11.1 Å². The number of nitrogens with two attached hydrogens (primary N) is 1. The molecule has 0 saturated heterocycles. The summed E-state index contributed by atoms with van der Waals surface area (Å²) in [6.07, 6.45) is 4.89. The van der Waals surface area contributed by atoms with Crippen molar-refractivity contribution in [2.45, 2.75) is 39.4 Å². The van der Waals surface area contributed by atoms with Crippen molar-refractivity contribution < 1.29 is 0 Å². The van der Waals surface area contributed by atoms with Crippen LogP contribution in [0.4, 0.5) is 5.13 Å². The molecule has 7 heteroatoms. The number of anilines is 1. The molecule has 18 heavy (non-hydrogen) atoms. The number of imidazole rings is 1. The van der Waals surface area contributed by atoms with Crippen LogP contribution in [0.25, 0.3) is 0 Å². The van der Waals surface area contributed by atoms with Crippen LogP contribution in [-0.4, -0.2) is 25.8 Å². The lowest BCUT2D eigenvalue weighted by Gasteiger charge is -2.13. The summed E-state index contributed by atoms with van der Waals surface area (Å²) >= 11 is 1.43. The van der Waals surface area contributed by atoms with Gasteiger partial charge in [0.15, 0.2) is 0 Å². The second kappa shape index (κ2) is 5.92. The molecule has 0 spiro atoms. The van der Waals surface area contributed by atoms with E-state index in [2.05, 4.69) is 32.0 Å². The molecular weight excluding hydrogens is 248 g/mol. The molecule has 98 valence electrons. The van der Waals surface area contributed by atoms with Gasteiger partial charge in [-0.25, -0.2) is 4.98 Å². The van der Waals surface area contributed by atoms with E-state index in [1.54, 1.807) is 0 Å². The van der Waals surface area contributed by atoms with Gasteiger partial charge in [0.05, 0.1) is 6.54 Å². The first-order valence-electron chi connectivity index (χ1n) is 5.94. The maximum atomic E-state index is 5.53. The zero-order chi connectivity index (χ0) is 13.0. The Hall–Kier alpha value is -1.47. The van der Waals surface area contributed by atoms with E-state index in [9.17, 15) is 0 Å². The summed E-state index contributed by atoms with van der Waals surface area (Å²) in [5, 5.41) is 12.6. The minimum Gasteiger partial charge on any atom is -0.374 e. The number of aromatic nitrogens is 4. The summed E-state index contributed by atoms with van der Waals surface area (Å²) in [5.41, 5.74) is 5.53. The van der Waals surface area contributed by atoms with Gasteiger partial charge < -0.3 is 15.6 Å². The molecule has 1 unspecified atom stereocenters. The third kappa shape index (κ3) is 3.51. The minimum atomic E-state index is 0.414. The lowest BCUT2D eigenvalue weighted by Crippen LogP contribution is -2.26. The molecule has 0 fully saturated rings. The fraction of sp³-hybridized carbons (Fsp3) is 0.545. The van der Waals surface area contributed by atoms with Crippen LogP contribution in [0, 0.1) is 6.92 Å². The van der Waals surface area contributed by atoms with Gasteiger partial charge in [-0.3, -0.25) is 0 Å². The fourth-order valence-electron chi connectivity index (χ4n) is 1.67. The number of hydrogen-bond acceptors (Lipinski definition) is 6. The zero-order valence-corrected chi connectivity index (χ0v) is 11.4. The lowest BCUT2D eigenvalue weighted by molar-refractivity contribution is 0.471. The normalized spacial score (nSPS) is 12.8. The predicted octanol–water partition coefficient (Wildman–Crippen LogP) is 1.19. The average molecular weight is 266 g/mol. The Morgan fingerprint density at radius 3 is 2.94 bits per heavy atom. The number of hydrogen-bond donors (Lipinski definition) is 2. The number of aryl methyl sites for hydroxylation is 2. The highest BCUT2D eigenvalue weighted by molar-refractivity contribution is 7.15. The van der Waals surface area contributed by atoms with Crippen molar-refractivity contribution in [2.24, 2.45) is 0 Å². The van der Waals surface area contributed by atoms with Crippen molar-refractivity contribution in [1.82, 2.24) is 25.1 Å². The highest BCUT2D eigenvalue weighted by Crippen LogP contribution is 2.10. The molecule has 0 bridgehead atoms. The molecule has 0 saturated carbocycles. The Bertz CT molecular complexity index is 491. The summed E-state index contributed by atoms with van der Waals surface area (Å²) in [7, 11) is 0. The Morgan fingerprint density at radius 2 is 2.33 bits per heavy atom. The van der Waals surface area contributed by atoms with Crippen LogP contribution >= 0.6 is 11.3 Å². The Balaban J connectivity index is 1.72. The topological polar surface area (TPSA) is 81.7 Å². The van der Waals surface area contributed by atoms with Crippen LogP contribution in [0.15, 0.2) is 12.4 Å². The van der Waals surface area contributed by atoms with Gasteiger partial charge in [0.25, 0.3) is 0 Å². The van der Waals surface area contributed by atoms with Gasteiger partial charge in [-0.15, -0.1) is 10.2 Å². The molecule has 2 rings (SSSR count). The number of nitrogen functional groups attached to an aromatic ring is 1. The summed E-state index contributed by atoms with van der Waals surface area (Å²) in [4.78, 5) is 4.20. The van der Waals surface area contributed by atoms with Gasteiger partial charge in [0, 0.05) is 25.0 Å². The number of nitrogens with one attached hydrogen (secondary N) is 1. The number of nitrogens with zero attached hydrogens (tertiary/aromatic N) is 4. The molecule has 3 N–H and O–H groups in total. The second-order valence-electron chi connectivity index (χ2n) is 4.27. The largest absolute Gasteiger partial charge is 0.374 e. The smallest absolute Gasteiger partial charge is 0.203 e. The summed E-state index contributed by atoms with van der Waals surface area (Å²) in [6.45, 7) is 5.87. The maximum Gasteiger partial charge on any atom is 0.203 e. The molecule has 2 aromatic rings. The number of rotatable bonds is 6. The van der Waals surface area contributed by atoms with Crippen molar-refractivity contribution in [1.29, 1.82) is 0 Å². The standard InChI is InChI=1S/C11H18N6S/c1-8(3-5-17-6-4-13-9(17)2)14-7-10-15-16-11(12)18-10/h4,6,8,14H,3,5,7H2,1-2H3,(H2,12,16). The van der Waals surface area contributed by atoms with Crippen LogP contribution in [-0.2, 0) is 13.1 Å². The zero-order valence-electron chi connectivity index (χ0n) is 10.6. The van der Waals surface area contributed by atoms with E-state index >= 15 is 0 Å².